The number of anilines is 1. The second kappa shape index (κ2) is 8.72. The number of hydrogen-bond acceptors (Lipinski definition) is 3. The highest BCUT2D eigenvalue weighted by atomic mass is 35.5. The molecule has 4 nitrogen and oxygen atoms in total. The van der Waals surface area contributed by atoms with E-state index in [0.29, 0.717) is 22.5 Å². The van der Waals surface area contributed by atoms with Crippen LogP contribution in [0.4, 0.5) is 5.69 Å². The van der Waals surface area contributed by atoms with E-state index in [2.05, 4.69) is 17.4 Å². The number of halogens is 1. The maximum Gasteiger partial charge on any atom is 0.197 e. The molecular formula is C17H19ClN2O2S. The average Bonchev–Trinajstić information content (AvgIpc) is 2.57. The first kappa shape index (κ1) is 17.5. The van der Waals surface area contributed by atoms with Gasteiger partial charge >= 0.3 is 0 Å². The lowest BCUT2D eigenvalue weighted by molar-refractivity contribution is -0.0391. The van der Waals surface area contributed by atoms with E-state index in [4.69, 9.17) is 33.4 Å². The summed E-state index contributed by atoms with van der Waals surface area (Å²) in [6.45, 7) is 0.571. The Bertz CT molecular complexity index is 652. The molecular weight excluding hydrogens is 332 g/mol. The van der Waals surface area contributed by atoms with E-state index in [-0.39, 0.29) is 0 Å². The number of thiocarbonyl (C=S) groups is 1. The number of nitrogens with one attached hydrogen (secondary N) is 1. The highest BCUT2D eigenvalue weighted by Crippen LogP contribution is 2.28. The summed E-state index contributed by atoms with van der Waals surface area (Å²) < 4.78 is 5.74. The highest BCUT2D eigenvalue weighted by molar-refractivity contribution is 7.80. The summed E-state index contributed by atoms with van der Waals surface area (Å²) in [6, 6.07) is 15.6. The topological polar surface area (TPSA) is 33.7 Å². The van der Waals surface area contributed by atoms with Crippen LogP contribution in [0.2, 0.25) is 5.02 Å². The second-order valence-electron chi connectivity index (χ2n) is 4.84. The van der Waals surface area contributed by atoms with Crippen LogP contribution >= 0.6 is 23.8 Å². The standard InChI is InChI=1S/C17H19ClN2O2S/c1-20(21-2)17(23)19-14-8-9-16(15(18)12-14)22-11-10-13-6-4-3-5-7-13/h3-9,12H,10-11H2,1-2H3,(H,19,23). The van der Waals surface area contributed by atoms with Crippen molar-refractivity contribution in [2.24, 2.45) is 0 Å². The lowest BCUT2D eigenvalue weighted by Gasteiger charge is -2.18. The molecule has 23 heavy (non-hydrogen) atoms. The van der Waals surface area contributed by atoms with Crippen molar-refractivity contribution < 1.29 is 9.57 Å². The van der Waals surface area contributed by atoms with Crippen molar-refractivity contribution in [3.05, 3.63) is 59.1 Å². The lowest BCUT2D eigenvalue weighted by atomic mass is 10.2. The Morgan fingerprint density at radius 3 is 2.61 bits per heavy atom. The van der Waals surface area contributed by atoms with Crippen molar-refractivity contribution in [3.8, 4) is 5.75 Å². The molecule has 2 rings (SSSR count). The van der Waals surface area contributed by atoms with Crippen LogP contribution < -0.4 is 10.1 Å². The van der Waals surface area contributed by atoms with Crippen LogP contribution in [0.25, 0.3) is 0 Å². The van der Waals surface area contributed by atoms with Gasteiger partial charge in [0.25, 0.3) is 0 Å². The first-order valence-corrected chi connectivity index (χ1v) is 7.94. The van der Waals surface area contributed by atoms with E-state index in [1.54, 1.807) is 20.2 Å². The molecule has 0 aliphatic heterocycles. The minimum absolute atomic E-state index is 0.446. The number of nitrogens with zero attached hydrogens (tertiary/aromatic N) is 1. The molecule has 1 N–H and O–H groups in total. The Balaban J connectivity index is 1.90. The van der Waals surface area contributed by atoms with Crippen LogP contribution in [0, 0.1) is 0 Å². The van der Waals surface area contributed by atoms with E-state index in [1.165, 1.54) is 10.6 Å². The quantitative estimate of drug-likeness (QED) is 0.625. The third-order valence-electron chi connectivity index (χ3n) is 3.23. The Labute approximate surface area is 146 Å². The fourth-order valence-electron chi connectivity index (χ4n) is 1.90. The van der Waals surface area contributed by atoms with Crippen LogP contribution in [-0.2, 0) is 11.3 Å². The Hall–Kier alpha value is -1.82. The molecule has 122 valence electrons. The van der Waals surface area contributed by atoms with Crippen molar-refractivity contribution in [2.75, 3.05) is 26.1 Å². The van der Waals surface area contributed by atoms with Gasteiger partial charge in [-0.2, -0.15) is 0 Å². The van der Waals surface area contributed by atoms with E-state index in [9.17, 15) is 0 Å². The molecule has 0 amide bonds. The van der Waals surface area contributed by atoms with E-state index in [0.717, 1.165) is 12.1 Å². The van der Waals surface area contributed by atoms with Crippen molar-refractivity contribution in [2.45, 2.75) is 6.42 Å². The molecule has 0 aliphatic rings. The molecule has 2 aromatic rings. The van der Waals surface area contributed by atoms with Gasteiger partial charge in [0.2, 0.25) is 0 Å². The predicted octanol–water partition coefficient (Wildman–Crippen LogP) is 4.15. The molecule has 0 aliphatic carbocycles. The third kappa shape index (κ3) is 5.39. The molecule has 0 aromatic heterocycles. The molecule has 6 heteroatoms. The van der Waals surface area contributed by atoms with Crippen LogP contribution in [0.1, 0.15) is 5.56 Å². The SMILES string of the molecule is CON(C)C(=S)Nc1ccc(OCCc2ccccc2)c(Cl)c1. The summed E-state index contributed by atoms with van der Waals surface area (Å²) >= 11 is 11.4. The molecule has 0 fully saturated rings. The number of hydrogen-bond donors (Lipinski definition) is 1. The fraction of sp³-hybridized carbons (Fsp3) is 0.235. The largest absolute Gasteiger partial charge is 0.492 e. The summed E-state index contributed by atoms with van der Waals surface area (Å²) in [4.78, 5) is 5.01. The van der Waals surface area contributed by atoms with Crippen molar-refractivity contribution in [1.82, 2.24) is 5.06 Å². The van der Waals surface area contributed by atoms with Gasteiger partial charge in [-0.15, -0.1) is 0 Å². The third-order valence-corrected chi connectivity index (χ3v) is 3.89. The average molecular weight is 351 g/mol. The molecule has 0 atom stereocenters. The van der Waals surface area contributed by atoms with E-state index >= 15 is 0 Å². The lowest BCUT2D eigenvalue weighted by Crippen LogP contribution is -2.29. The second-order valence-corrected chi connectivity index (χ2v) is 5.63. The van der Waals surface area contributed by atoms with Crippen LogP contribution in [0.3, 0.4) is 0 Å². The minimum atomic E-state index is 0.446. The molecule has 0 spiro atoms. The van der Waals surface area contributed by atoms with Crippen LogP contribution in [0.15, 0.2) is 48.5 Å². The van der Waals surface area contributed by atoms with Gasteiger partial charge in [-0.05, 0) is 36.0 Å². The monoisotopic (exact) mass is 350 g/mol. The number of ether oxygens (including phenoxy) is 1. The van der Waals surface area contributed by atoms with Crippen molar-refractivity contribution in [1.29, 1.82) is 0 Å². The van der Waals surface area contributed by atoms with Gasteiger partial charge in [0.05, 0.1) is 18.7 Å². The summed E-state index contributed by atoms with van der Waals surface area (Å²) in [5.41, 5.74) is 2.01. The number of rotatable bonds is 6. The number of hydroxylamine groups is 2. The summed E-state index contributed by atoms with van der Waals surface area (Å²) in [6.07, 6.45) is 0.833. The van der Waals surface area contributed by atoms with Gasteiger partial charge in [-0.25, -0.2) is 5.06 Å². The zero-order valence-electron chi connectivity index (χ0n) is 13.1. The summed E-state index contributed by atoms with van der Waals surface area (Å²) in [5, 5.41) is 5.47. The Kier molecular flexibility index (Phi) is 6.65. The van der Waals surface area contributed by atoms with Crippen molar-refractivity contribution >= 4 is 34.6 Å². The van der Waals surface area contributed by atoms with Gasteiger partial charge in [-0.1, -0.05) is 41.9 Å². The normalized spacial score (nSPS) is 10.2. The smallest absolute Gasteiger partial charge is 0.197 e. The summed E-state index contributed by atoms with van der Waals surface area (Å²) in [5.74, 6) is 0.652. The maximum atomic E-state index is 6.25. The first-order valence-electron chi connectivity index (χ1n) is 7.15. The predicted molar refractivity (Wildman–Crippen MR) is 98.1 cm³/mol. The zero-order valence-corrected chi connectivity index (χ0v) is 14.7. The van der Waals surface area contributed by atoms with Gasteiger partial charge in [0.15, 0.2) is 5.11 Å². The fourth-order valence-corrected chi connectivity index (χ4v) is 2.33. The zero-order chi connectivity index (χ0) is 16.7. The maximum absolute atomic E-state index is 6.25. The molecule has 0 saturated carbocycles. The van der Waals surface area contributed by atoms with Gasteiger partial charge in [0.1, 0.15) is 5.75 Å². The van der Waals surface area contributed by atoms with Gasteiger partial charge in [0, 0.05) is 19.2 Å². The van der Waals surface area contributed by atoms with Crippen LogP contribution in [-0.4, -0.2) is 30.9 Å². The highest BCUT2D eigenvalue weighted by Gasteiger charge is 2.07. The summed E-state index contributed by atoms with van der Waals surface area (Å²) in [7, 11) is 3.27. The Morgan fingerprint density at radius 2 is 1.96 bits per heavy atom. The Morgan fingerprint density at radius 1 is 1.22 bits per heavy atom. The van der Waals surface area contributed by atoms with Gasteiger partial charge in [-0.3, -0.25) is 4.84 Å². The molecule has 0 saturated heterocycles. The molecule has 0 bridgehead atoms. The van der Waals surface area contributed by atoms with Gasteiger partial charge < -0.3 is 10.1 Å². The minimum Gasteiger partial charge on any atom is -0.492 e. The molecule has 0 radical (unpaired) electrons. The number of benzene rings is 2. The molecule has 0 heterocycles. The molecule has 2 aromatic carbocycles. The molecule has 0 unspecified atom stereocenters. The van der Waals surface area contributed by atoms with E-state index in [1.807, 2.05) is 30.3 Å². The first-order chi connectivity index (χ1) is 11.1. The van der Waals surface area contributed by atoms with Crippen molar-refractivity contribution in [3.63, 3.8) is 0 Å². The van der Waals surface area contributed by atoms with E-state index < -0.39 is 0 Å². The van der Waals surface area contributed by atoms with Crippen LogP contribution in [0.5, 0.6) is 5.75 Å².